The van der Waals surface area contributed by atoms with Crippen LogP contribution in [0.3, 0.4) is 0 Å². The summed E-state index contributed by atoms with van der Waals surface area (Å²) in [5.74, 6) is 0.233. The van der Waals surface area contributed by atoms with Crippen LogP contribution in [0.2, 0.25) is 0 Å². The fraction of sp³-hybridized carbons (Fsp3) is 0.0556. The number of nitrogens with one attached hydrogen (secondary N) is 1. The third-order valence-corrected chi connectivity index (χ3v) is 3.16. The molecule has 5 heteroatoms. The van der Waals surface area contributed by atoms with Gasteiger partial charge >= 0.3 is 0 Å². The summed E-state index contributed by atoms with van der Waals surface area (Å²) in [6, 6.07) is 16.4. The number of hydrogen-bond acceptors (Lipinski definition) is 3. The second-order valence-corrected chi connectivity index (χ2v) is 4.87. The van der Waals surface area contributed by atoms with E-state index in [4.69, 9.17) is 9.15 Å². The number of rotatable bonds is 5. The molecule has 0 atom stereocenters. The number of furan rings is 1. The van der Waals surface area contributed by atoms with Gasteiger partial charge in [0.25, 0.3) is 5.91 Å². The second kappa shape index (κ2) is 6.79. The molecule has 2 aromatic carbocycles. The highest BCUT2D eigenvalue weighted by Crippen LogP contribution is 2.19. The number of ether oxygens (including phenoxy) is 1. The standard InChI is InChI=1S/C18H14FNO3/c19-14-8-6-13(7-9-14)12-23-16-4-1-3-15(11-16)20-18(21)17-5-2-10-22-17/h1-11H,12H2,(H,20,21). The Morgan fingerprint density at radius 2 is 1.91 bits per heavy atom. The molecular weight excluding hydrogens is 297 g/mol. The predicted molar refractivity (Wildman–Crippen MR) is 83.8 cm³/mol. The van der Waals surface area contributed by atoms with Gasteiger partial charge in [0.15, 0.2) is 5.76 Å². The van der Waals surface area contributed by atoms with Crippen LogP contribution < -0.4 is 10.1 Å². The number of benzene rings is 2. The van der Waals surface area contributed by atoms with Crippen LogP contribution in [0.5, 0.6) is 5.75 Å². The number of halogens is 1. The monoisotopic (exact) mass is 311 g/mol. The molecule has 0 saturated heterocycles. The van der Waals surface area contributed by atoms with E-state index in [2.05, 4.69) is 5.32 Å². The minimum atomic E-state index is -0.328. The van der Waals surface area contributed by atoms with Crippen LogP contribution >= 0.6 is 0 Å². The molecule has 0 radical (unpaired) electrons. The quantitative estimate of drug-likeness (QED) is 0.766. The zero-order valence-corrected chi connectivity index (χ0v) is 12.2. The fourth-order valence-corrected chi connectivity index (χ4v) is 2.01. The van der Waals surface area contributed by atoms with E-state index in [0.29, 0.717) is 18.0 Å². The summed E-state index contributed by atoms with van der Waals surface area (Å²) in [7, 11) is 0. The van der Waals surface area contributed by atoms with E-state index in [1.807, 2.05) is 0 Å². The maximum absolute atomic E-state index is 12.9. The Morgan fingerprint density at radius 3 is 2.65 bits per heavy atom. The van der Waals surface area contributed by atoms with Crippen LogP contribution in [-0.4, -0.2) is 5.91 Å². The van der Waals surface area contributed by atoms with E-state index in [9.17, 15) is 9.18 Å². The molecule has 0 unspecified atom stereocenters. The topological polar surface area (TPSA) is 51.5 Å². The van der Waals surface area contributed by atoms with Gasteiger partial charge in [0.2, 0.25) is 0 Å². The Balaban J connectivity index is 1.63. The number of carbonyl (C=O) groups excluding carboxylic acids is 1. The van der Waals surface area contributed by atoms with Gasteiger partial charge in [-0.3, -0.25) is 4.79 Å². The van der Waals surface area contributed by atoms with Crippen LogP contribution in [0.1, 0.15) is 16.1 Å². The lowest BCUT2D eigenvalue weighted by molar-refractivity contribution is 0.0996. The molecular formula is C18H14FNO3. The summed E-state index contributed by atoms with van der Waals surface area (Å²) < 4.78 is 23.5. The van der Waals surface area contributed by atoms with Crippen molar-refractivity contribution in [1.29, 1.82) is 0 Å². The molecule has 23 heavy (non-hydrogen) atoms. The molecule has 0 bridgehead atoms. The van der Waals surface area contributed by atoms with Crippen molar-refractivity contribution in [2.24, 2.45) is 0 Å². The highest BCUT2D eigenvalue weighted by Gasteiger charge is 2.09. The van der Waals surface area contributed by atoms with E-state index in [-0.39, 0.29) is 17.5 Å². The van der Waals surface area contributed by atoms with E-state index in [0.717, 1.165) is 5.56 Å². The number of anilines is 1. The molecule has 1 heterocycles. The third-order valence-electron chi connectivity index (χ3n) is 3.16. The van der Waals surface area contributed by atoms with Gasteiger partial charge in [0.1, 0.15) is 18.2 Å². The van der Waals surface area contributed by atoms with Crippen molar-refractivity contribution >= 4 is 11.6 Å². The maximum atomic E-state index is 12.9. The van der Waals surface area contributed by atoms with Gasteiger partial charge in [0, 0.05) is 11.8 Å². The van der Waals surface area contributed by atoms with Crippen LogP contribution in [0.25, 0.3) is 0 Å². The van der Waals surface area contributed by atoms with Gasteiger partial charge in [-0.05, 0) is 42.0 Å². The normalized spacial score (nSPS) is 10.3. The van der Waals surface area contributed by atoms with Crippen molar-refractivity contribution in [1.82, 2.24) is 0 Å². The summed E-state index contributed by atoms with van der Waals surface area (Å²) in [5.41, 5.74) is 1.46. The van der Waals surface area contributed by atoms with Crippen molar-refractivity contribution in [2.75, 3.05) is 5.32 Å². The van der Waals surface area contributed by atoms with Gasteiger partial charge in [-0.1, -0.05) is 18.2 Å². The molecule has 1 aromatic heterocycles. The summed E-state index contributed by atoms with van der Waals surface area (Å²) in [6.45, 7) is 0.315. The van der Waals surface area contributed by atoms with Crippen molar-refractivity contribution in [2.45, 2.75) is 6.61 Å². The molecule has 0 aliphatic carbocycles. The molecule has 3 rings (SSSR count). The average Bonchev–Trinajstić information content (AvgIpc) is 3.09. The molecule has 0 fully saturated rings. The maximum Gasteiger partial charge on any atom is 0.291 e. The Morgan fingerprint density at radius 1 is 1.09 bits per heavy atom. The lowest BCUT2D eigenvalue weighted by Gasteiger charge is -2.09. The molecule has 0 spiro atoms. The van der Waals surface area contributed by atoms with Crippen molar-refractivity contribution in [3.63, 3.8) is 0 Å². The number of hydrogen-bond donors (Lipinski definition) is 1. The minimum Gasteiger partial charge on any atom is -0.489 e. The minimum absolute atomic E-state index is 0.239. The largest absolute Gasteiger partial charge is 0.489 e. The third kappa shape index (κ3) is 3.97. The van der Waals surface area contributed by atoms with Gasteiger partial charge in [0.05, 0.1) is 6.26 Å². The Hall–Kier alpha value is -3.08. The molecule has 116 valence electrons. The summed E-state index contributed by atoms with van der Waals surface area (Å²) in [6.07, 6.45) is 1.44. The van der Waals surface area contributed by atoms with Gasteiger partial charge in [-0.2, -0.15) is 0 Å². The van der Waals surface area contributed by atoms with Crippen molar-refractivity contribution < 1.29 is 18.3 Å². The SMILES string of the molecule is O=C(Nc1cccc(OCc2ccc(F)cc2)c1)c1ccco1. The van der Waals surface area contributed by atoms with Crippen molar-refractivity contribution in [3.05, 3.63) is 84.1 Å². The Kier molecular flexibility index (Phi) is 4.38. The summed E-state index contributed by atoms with van der Waals surface area (Å²) in [5, 5.41) is 2.73. The molecule has 0 aliphatic heterocycles. The molecule has 3 aromatic rings. The molecule has 1 amide bonds. The summed E-state index contributed by atoms with van der Waals surface area (Å²) >= 11 is 0. The van der Waals surface area contributed by atoms with Crippen LogP contribution in [-0.2, 0) is 6.61 Å². The molecule has 4 nitrogen and oxygen atoms in total. The first-order valence-corrected chi connectivity index (χ1v) is 7.03. The van der Waals surface area contributed by atoms with Crippen LogP contribution in [0, 0.1) is 5.82 Å². The highest BCUT2D eigenvalue weighted by molar-refractivity contribution is 6.02. The predicted octanol–water partition coefficient (Wildman–Crippen LogP) is 4.25. The van der Waals surface area contributed by atoms with Gasteiger partial charge in [-0.25, -0.2) is 4.39 Å². The lowest BCUT2D eigenvalue weighted by Crippen LogP contribution is -2.10. The second-order valence-electron chi connectivity index (χ2n) is 4.87. The van der Waals surface area contributed by atoms with E-state index < -0.39 is 0 Å². The zero-order valence-electron chi connectivity index (χ0n) is 12.2. The summed E-state index contributed by atoms with van der Waals surface area (Å²) in [4.78, 5) is 11.9. The average molecular weight is 311 g/mol. The van der Waals surface area contributed by atoms with Crippen molar-refractivity contribution in [3.8, 4) is 5.75 Å². The smallest absolute Gasteiger partial charge is 0.291 e. The first-order valence-electron chi connectivity index (χ1n) is 7.03. The van der Waals surface area contributed by atoms with E-state index in [1.165, 1.54) is 18.4 Å². The number of carbonyl (C=O) groups is 1. The fourth-order valence-electron chi connectivity index (χ4n) is 2.01. The van der Waals surface area contributed by atoms with Crippen LogP contribution in [0.4, 0.5) is 10.1 Å². The van der Waals surface area contributed by atoms with Gasteiger partial charge < -0.3 is 14.5 Å². The molecule has 1 N–H and O–H groups in total. The van der Waals surface area contributed by atoms with E-state index >= 15 is 0 Å². The molecule has 0 saturated carbocycles. The lowest BCUT2D eigenvalue weighted by atomic mass is 10.2. The first kappa shape index (κ1) is 14.8. The Labute approximate surface area is 132 Å². The van der Waals surface area contributed by atoms with E-state index in [1.54, 1.807) is 48.5 Å². The Bertz CT molecular complexity index is 782. The van der Waals surface area contributed by atoms with Gasteiger partial charge in [-0.15, -0.1) is 0 Å². The number of amides is 1. The highest BCUT2D eigenvalue weighted by atomic mass is 19.1. The zero-order chi connectivity index (χ0) is 16.1. The first-order chi connectivity index (χ1) is 11.2. The van der Waals surface area contributed by atoms with Crippen LogP contribution in [0.15, 0.2) is 71.3 Å². The molecule has 0 aliphatic rings.